The van der Waals surface area contributed by atoms with Gasteiger partial charge in [-0.15, -0.1) is 11.3 Å². The van der Waals surface area contributed by atoms with E-state index >= 15 is 0 Å². The molecule has 1 saturated heterocycles. The second kappa shape index (κ2) is 7.33. The zero-order valence-corrected chi connectivity index (χ0v) is 13.1. The third-order valence-corrected chi connectivity index (χ3v) is 5.10. The Hall–Kier alpha value is -0.980. The van der Waals surface area contributed by atoms with E-state index in [0.717, 1.165) is 31.1 Å². The molecule has 0 aromatic carbocycles. The predicted molar refractivity (Wildman–Crippen MR) is 83.8 cm³/mol. The Morgan fingerprint density at radius 3 is 3.00 bits per heavy atom. The van der Waals surface area contributed by atoms with Crippen LogP contribution in [0.15, 0.2) is 0 Å². The topological polar surface area (TPSA) is 63.2 Å². The summed E-state index contributed by atoms with van der Waals surface area (Å²) < 4.78 is 5.37. The van der Waals surface area contributed by atoms with Crippen molar-refractivity contribution in [2.45, 2.75) is 51.0 Å². The number of aromatic nitrogens is 1. The Morgan fingerprint density at radius 2 is 2.19 bits per heavy atom. The lowest BCUT2D eigenvalue weighted by Crippen LogP contribution is -2.43. The molecule has 116 valence electrons. The van der Waals surface area contributed by atoms with E-state index in [1.165, 1.54) is 36.3 Å². The van der Waals surface area contributed by atoms with Crippen LogP contribution in [0.25, 0.3) is 0 Å². The lowest BCUT2D eigenvalue weighted by molar-refractivity contribution is -0.117. The summed E-state index contributed by atoms with van der Waals surface area (Å²) in [6.45, 7) is 2.17. The molecule has 0 spiro atoms. The van der Waals surface area contributed by atoms with Crippen LogP contribution >= 0.6 is 11.3 Å². The van der Waals surface area contributed by atoms with Crippen LogP contribution in [0.4, 0.5) is 5.13 Å². The molecule has 2 aliphatic rings. The molecule has 21 heavy (non-hydrogen) atoms. The van der Waals surface area contributed by atoms with Gasteiger partial charge in [-0.25, -0.2) is 4.98 Å². The van der Waals surface area contributed by atoms with E-state index in [1.54, 1.807) is 11.3 Å². The summed E-state index contributed by atoms with van der Waals surface area (Å²) in [6.07, 6.45) is 7.68. The van der Waals surface area contributed by atoms with E-state index in [0.29, 0.717) is 13.0 Å². The van der Waals surface area contributed by atoms with Crippen LogP contribution in [-0.2, 0) is 22.4 Å². The summed E-state index contributed by atoms with van der Waals surface area (Å²) in [5, 5.41) is 7.03. The van der Waals surface area contributed by atoms with Crippen LogP contribution < -0.4 is 10.6 Å². The van der Waals surface area contributed by atoms with Crippen molar-refractivity contribution in [1.29, 1.82) is 0 Å². The summed E-state index contributed by atoms with van der Waals surface area (Å²) >= 11 is 1.65. The number of fused-ring (bicyclic) bond motifs is 1. The van der Waals surface area contributed by atoms with Crippen LogP contribution in [0, 0.1) is 0 Å². The van der Waals surface area contributed by atoms with Gasteiger partial charge < -0.3 is 15.4 Å². The lowest BCUT2D eigenvalue weighted by atomic mass is 10.0. The maximum Gasteiger partial charge on any atom is 0.227 e. The number of rotatable bonds is 3. The normalized spacial score (nSPS) is 23.0. The molecule has 1 fully saturated rings. The maximum absolute atomic E-state index is 12.1. The molecule has 2 heterocycles. The van der Waals surface area contributed by atoms with Crippen molar-refractivity contribution in [2.24, 2.45) is 0 Å². The minimum absolute atomic E-state index is 0.0275. The van der Waals surface area contributed by atoms with E-state index in [4.69, 9.17) is 4.74 Å². The van der Waals surface area contributed by atoms with E-state index in [1.807, 2.05) is 0 Å². The minimum Gasteiger partial charge on any atom is -0.378 e. The van der Waals surface area contributed by atoms with Gasteiger partial charge in [0.15, 0.2) is 5.13 Å². The molecule has 6 heteroatoms. The molecular weight excluding hydrogens is 286 g/mol. The fourth-order valence-electron chi connectivity index (χ4n) is 2.90. The molecule has 0 saturated carbocycles. The second-order valence-corrected chi connectivity index (χ2v) is 6.86. The Balaban J connectivity index is 1.56. The van der Waals surface area contributed by atoms with Crippen LogP contribution in [-0.4, -0.2) is 36.7 Å². The molecule has 2 N–H and O–H groups in total. The molecule has 3 rings (SSSR count). The number of thiazole rings is 1. The first-order chi connectivity index (χ1) is 10.3. The molecule has 1 atom stereocenters. The highest BCUT2D eigenvalue weighted by atomic mass is 32.1. The maximum atomic E-state index is 12.1. The molecule has 1 aromatic heterocycles. The molecule has 1 aliphatic heterocycles. The molecular formula is C15H23N3O2S. The minimum atomic E-state index is 0.0275. The number of ether oxygens (including phenoxy) is 1. The third kappa shape index (κ3) is 4.25. The molecule has 1 aliphatic carbocycles. The van der Waals surface area contributed by atoms with Gasteiger partial charge in [0, 0.05) is 23.9 Å². The average molecular weight is 309 g/mol. The zero-order valence-electron chi connectivity index (χ0n) is 12.3. The fraction of sp³-hybridized carbons (Fsp3) is 0.733. The summed E-state index contributed by atoms with van der Waals surface area (Å²) in [6, 6.07) is 0.125. The average Bonchev–Trinajstić information content (AvgIpc) is 2.81. The Bertz CT molecular complexity index is 458. The SMILES string of the molecule is O=C(CC1COCCN1)Nc1nc2c(s1)CCCCCC2. The van der Waals surface area contributed by atoms with Gasteiger partial charge >= 0.3 is 0 Å². The van der Waals surface area contributed by atoms with Crippen molar-refractivity contribution in [2.75, 3.05) is 25.1 Å². The summed E-state index contributed by atoms with van der Waals surface area (Å²) in [4.78, 5) is 18.1. The number of amides is 1. The Morgan fingerprint density at radius 1 is 1.33 bits per heavy atom. The zero-order chi connectivity index (χ0) is 14.5. The number of aryl methyl sites for hydroxylation is 2. The van der Waals surface area contributed by atoms with Crippen LogP contribution in [0.3, 0.4) is 0 Å². The highest BCUT2D eigenvalue weighted by Gasteiger charge is 2.19. The molecule has 5 nitrogen and oxygen atoms in total. The van der Waals surface area contributed by atoms with Crippen molar-refractivity contribution in [3.8, 4) is 0 Å². The first kappa shape index (κ1) is 14.9. The number of hydrogen-bond acceptors (Lipinski definition) is 5. The molecule has 0 bridgehead atoms. The van der Waals surface area contributed by atoms with Gasteiger partial charge in [-0.3, -0.25) is 4.79 Å². The largest absolute Gasteiger partial charge is 0.378 e. The van der Waals surface area contributed by atoms with Crippen molar-refractivity contribution in [1.82, 2.24) is 10.3 Å². The van der Waals surface area contributed by atoms with Gasteiger partial charge in [0.2, 0.25) is 5.91 Å². The highest BCUT2D eigenvalue weighted by Crippen LogP contribution is 2.28. The van der Waals surface area contributed by atoms with Gasteiger partial charge in [-0.1, -0.05) is 12.8 Å². The first-order valence-electron chi connectivity index (χ1n) is 7.91. The van der Waals surface area contributed by atoms with Crippen molar-refractivity contribution >= 4 is 22.4 Å². The second-order valence-electron chi connectivity index (χ2n) is 5.78. The third-order valence-electron chi connectivity index (χ3n) is 4.02. The van der Waals surface area contributed by atoms with Crippen molar-refractivity contribution in [3.63, 3.8) is 0 Å². The lowest BCUT2D eigenvalue weighted by Gasteiger charge is -2.22. The van der Waals surface area contributed by atoms with E-state index in [2.05, 4.69) is 15.6 Å². The monoisotopic (exact) mass is 309 g/mol. The van der Waals surface area contributed by atoms with Crippen molar-refractivity contribution < 1.29 is 9.53 Å². The van der Waals surface area contributed by atoms with Crippen LogP contribution in [0.2, 0.25) is 0 Å². The molecule has 1 amide bonds. The van der Waals surface area contributed by atoms with Gasteiger partial charge in [0.1, 0.15) is 0 Å². The first-order valence-corrected chi connectivity index (χ1v) is 8.72. The number of carbonyl (C=O) groups is 1. The van der Waals surface area contributed by atoms with E-state index < -0.39 is 0 Å². The van der Waals surface area contributed by atoms with Gasteiger partial charge in [-0.05, 0) is 25.7 Å². The summed E-state index contributed by atoms with van der Waals surface area (Å²) in [5.74, 6) is 0.0275. The van der Waals surface area contributed by atoms with Crippen molar-refractivity contribution in [3.05, 3.63) is 10.6 Å². The molecule has 1 unspecified atom stereocenters. The van der Waals surface area contributed by atoms with E-state index in [-0.39, 0.29) is 11.9 Å². The number of nitrogens with one attached hydrogen (secondary N) is 2. The Labute approximate surface area is 129 Å². The summed E-state index contributed by atoms with van der Waals surface area (Å²) in [7, 11) is 0. The predicted octanol–water partition coefficient (Wildman–Crippen LogP) is 2.12. The smallest absolute Gasteiger partial charge is 0.227 e. The Kier molecular flexibility index (Phi) is 5.22. The van der Waals surface area contributed by atoms with Crippen LogP contribution in [0.1, 0.15) is 42.7 Å². The molecule has 0 radical (unpaired) electrons. The fourth-order valence-corrected chi connectivity index (χ4v) is 3.97. The van der Waals surface area contributed by atoms with Gasteiger partial charge in [0.05, 0.1) is 18.9 Å². The number of anilines is 1. The van der Waals surface area contributed by atoms with Gasteiger partial charge in [0.25, 0.3) is 0 Å². The summed E-state index contributed by atoms with van der Waals surface area (Å²) in [5.41, 5.74) is 1.20. The standard InChI is InChI=1S/C15H23N3O2S/c19-14(9-11-10-20-8-7-16-11)18-15-17-12-5-3-1-2-4-6-13(12)21-15/h11,16H,1-10H2,(H,17,18,19). The number of morpholine rings is 1. The highest BCUT2D eigenvalue weighted by molar-refractivity contribution is 7.15. The van der Waals surface area contributed by atoms with Crippen LogP contribution in [0.5, 0.6) is 0 Å². The van der Waals surface area contributed by atoms with E-state index in [9.17, 15) is 4.79 Å². The number of hydrogen-bond donors (Lipinski definition) is 2. The molecule has 1 aromatic rings. The number of carbonyl (C=O) groups excluding carboxylic acids is 1. The quantitative estimate of drug-likeness (QED) is 0.898. The number of nitrogens with zero attached hydrogens (tertiary/aromatic N) is 1. The van der Waals surface area contributed by atoms with Gasteiger partial charge in [-0.2, -0.15) is 0 Å².